The molecule has 1 saturated heterocycles. The molecular formula is C13H20N2O2S. The van der Waals surface area contributed by atoms with Crippen molar-refractivity contribution in [3.63, 3.8) is 0 Å². The Morgan fingerprint density at radius 1 is 1.50 bits per heavy atom. The first-order valence-electron chi connectivity index (χ1n) is 6.12. The van der Waals surface area contributed by atoms with Gasteiger partial charge >= 0.3 is 0 Å². The fraction of sp³-hybridized carbons (Fsp3) is 0.615. The summed E-state index contributed by atoms with van der Waals surface area (Å²) in [6, 6.07) is 4.03. The fourth-order valence-electron chi connectivity index (χ4n) is 1.89. The number of hydrogen-bond acceptors (Lipinski definition) is 5. The lowest BCUT2D eigenvalue weighted by molar-refractivity contribution is 0.139. The van der Waals surface area contributed by atoms with Crippen LogP contribution < -0.4 is 4.74 Å². The van der Waals surface area contributed by atoms with Gasteiger partial charge in [-0.25, -0.2) is 4.98 Å². The van der Waals surface area contributed by atoms with Gasteiger partial charge in [0.1, 0.15) is 11.9 Å². The molecule has 18 heavy (non-hydrogen) atoms. The molecule has 0 bridgehead atoms. The van der Waals surface area contributed by atoms with Crippen molar-refractivity contribution in [2.45, 2.75) is 24.1 Å². The highest BCUT2D eigenvalue weighted by Crippen LogP contribution is 2.24. The predicted octanol–water partition coefficient (Wildman–Crippen LogP) is 2.03. The van der Waals surface area contributed by atoms with Crippen LogP contribution in [0.15, 0.2) is 17.2 Å². The number of ether oxygens (including phenoxy) is 2. The molecule has 0 aliphatic carbocycles. The molecule has 1 aliphatic heterocycles. The van der Waals surface area contributed by atoms with Crippen molar-refractivity contribution in [2.24, 2.45) is 0 Å². The highest BCUT2D eigenvalue weighted by Gasteiger charge is 2.19. The quantitative estimate of drug-likeness (QED) is 0.763. The molecule has 0 aromatic carbocycles. The van der Waals surface area contributed by atoms with Gasteiger partial charge in [0, 0.05) is 13.0 Å². The van der Waals surface area contributed by atoms with Gasteiger partial charge in [0.25, 0.3) is 0 Å². The molecular weight excluding hydrogens is 248 g/mol. The van der Waals surface area contributed by atoms with E-state index in [9.17, 15) is 0 Å². The normalized spacial score (nSPS) is 19.4. The summed E-state index contributed by atoms with van der Waals surface area (Å²) in [5.74, 6) is 0.886. The van der Waals surface area contributed by atoms with E-state index in [1.165, 1.54) is 0 Å². The Bertz CT molecular complexity index is 393. The van der Waals surface area contributed by atoms with Gasteiger partial charge in [0.05, 0.1) is 23.9 Å². The third-order valence-corrected chi connectivity index (χ3v) is 3.41. The van der Waals surface area contributed by atoms with Gasteiger partial charge in [0.2, 0.25) is 0 Å². The Kier molecular flexibility index (Phi) is 4.86. The van der Waals surface area contributed by atoms with E-state index in [0.29, 0.717) is 6.61 Å². The van der Waals surface area contributed by atoms with Crippen molar-refractivity contribution in [3.05, 3.63) is 17.8 Å². The van der Waals surface area contributed by atoms with E-state index < -0.39 is 0 Å². The minimum Gasteiger partial charge on any atom is -0.486 e. The molecule has 2 rings (SSSR count). The minimum absolute atomic E-state index is 0.174. The van der Waals surface area contributed by atoms with Crippen LogP contribution in [0.5, 0.6) is 5.75 Å². The second kappa shape index (κ2) is 6.41. The zero-order chi connectivity index (χ0) is 13.0. The van der Waals surface area contributed by atoms with Crippen LogP contribution in [0.3, 0.4) is 0 Å². The molecule has 0 spiro atoms. The molecule has 0 saturated carbocycles. The first-order chi connectivity index (χ1) is 8.69. The second-order valence-electron chi connectivity index (χ2n) is 4.64. The Balaban J connectivity index is 2.15. The van der Waals surface area contributed by atoms with Gasteiger partial charge in [0.15, 0.2) is 0 Å². The largest absolute Gasteiger partial charge is 0.486 e. The summed E-state index contributed by atoms with van der Waals surface area (Å²) in [5.41, 5.74) is 0.999. The lowest BCUT2D eigenvalue weighted by Gasteiger charge is -2.17. The van der Waals surface area contributed by atoms with Crippen LogP contribution in [0.1, 0.15) is 12.1 Å². The SMILES string of the molecule is CSc1ccc(OC2CCOC2)c(CN(C)C)n1. The smallest absolute Gasteiger partial charge is 0.142 e. The number of rotatable bonds is 5. The van der Waals surface area contributed by atoms with Crippen LogP contribution in [0, 0.1) is 0 Å². The van der Waals surface area contributed by atoms with E-state index in [1.807, 2.05) is 32.5 Å². The Hall–Kier alpha value is -0.780. The van der Waals surface area contributed by atoms with Crippen molar-refractivity contribution >= 4 is 11.8 Å². The Labute approximate surface area is 113 Å². The second-order valence-corrected chi connectivity index (χ2v) is 5.47. The average molecular weight is 268 g/mol. The van der Waals surface area contributed by atoms with Crippen molar-refractivity contribution in [2.75, 3.05) is 33.6 Å². The monoisotopic (exact) mass is 268 g/mol. The molecule has 1 atom stereocenters. The van der Waals surface area contributed by atoms with Crippen LogP contribution in [-0.2, 0) is 11.3 Å². The molecule has 1 aliphatic rings. The molecule has 5 heteroatoms. The number of hydrogen-bond donors (Lipinski definition) is 0. The van der Waals surface area contributed by atoms with Crippen LogP contribution in [0.4, 0.5) is 0 Å². The van der Waals surface area contributed by atoms with E-state index in [2.05, 4.69) is 9.88 Å². The molecule has 0 radical (unpaired) electrons. The van der Waals surface area contributed by atoms with Gasteiger partial charge in [-0.05, 0) is 32.5 Å². The van der Waals surface area contributed by atoms with Crippen LogP contribution in [-0.4, -0.2) is 49.6 Å². The first kappa shape index (κ1) is 13.6. The van der Waals surface area contributed by atoms with Crippen molar-refractivity contribution in [1.29, 1.82) is 0 Å². The lowest BCUT2D eigenvalue weighted by Crippen LogP contribution is -2.19. The highest BCUT2D eigenvalue weighted by molar-refractivity contribution is 7.98. The molecule has 1 unspecified atom stereocenters. The molecule has 2 heterocycles. The highest BCUT2D eigenvalue weighted by atomic mass is 32.2. The van der Waals surface area contributed by atoms with Crippen LogP contribution in [0.2, 0.25) is 0 Å². The Morgan fingerprint density at radius 2 is 2.33 bits per heavy atom. The number of nitrogens with zero attached hydrogens (tertiary/aromatic N) is 2. The van der Waals surface area contributed by atoms with Crippen molar-refractivity contribution < 1.29 is 9.47 Å². The molecule has 1 aromatic rings. The molecule has 4 nitrogen and oxygen atoms in total. The third-order valence-electron chi connectivity index (χ3n) is 2.76. The standard InChI is InChI=1S/C13H20N2O2S/c1-15(2)8-11-12(4-5-13(14-11)18-3)17-10-6-7-16-9-10/h4-5,10H,6-9H2,1-3H3. The van der Waals surface area contributed by atoms with E-state index >= 15 is 0 Å². The maximum Gasteiger partial charge on any atom is 0.142 e. The molecule has 100 valence electrons. The van der Waals surface area contributed by atoms with Gasteiger partial charge in [-0.3, -0.25) is 0 Å². The fourth-order valence-corrected chi connectivity index (χ4v) is 2.29. The topological polar surface area (TPSA) is 34.6 Å². The molecule has 1 aromatic heterocycles. The summed E-state index contributed by atoms with van der Waals surface area (Å²) in [6.45, 7) is 2.27. The first-order valence-corrected chi connectivity index (χ1v) is 7.34. The molecule has 0 N–H and O–H groups in total. The predicted molar refractivity (Wildman–Crippen MR) is 73.3 cm³/mol. The summed E-state index contributed by atoms with van der Waals surface area (Å²) in [4.78, 5) is 6.73. The van der Waals surface area contributed by atoms with Gasteiger partial charge < -0.3 is 14.4 Å². The van der Waals surface area contributed by atoms with Crippen molar-refractivity contribution in [1.82, 2.24) is 9.88 Å². The van der Waals surface area contributed by atoms with Crippen LogP contribution >= 0.6 is 11.8 Å². The van der Waals surface area contributed by atoms with E-state index in [1.54, 1.807) is 11.8 Å². The van der Waals surface area contributed by atoms with E-state index in [0.717, 1.165) is 36.0 Å². The Morgan fingerprint density at radius 3 is 2.94 bits per heavy atom. The zero-order valence-corrected chi connectivity index (χ0v) is 12.0. The van der Waals surface area contributed by atoms with E-state index in [4.69, 9.17) is 9.47 Å². The maximum atomic E-state index is 5.98. The third kappa shape index (κ3) is 3.60. The van der Waals surface area contributed by atoms with Crippen molar-refractivity contribution in [3.8, 4) is 5.75 Å². The molecule has 1 fully saturated rings. The summed E-state index contributed by atoms with van der Waals surface area (Å²) >= 11 is 1.65. The molecule has 0 amide bonds. The van der Waals surface area contributed by atoms with Crippen LogP contribution in [0.25, 0.3) is 0 Å². The zero-order valence-electron chi connectivity index (χ0n) is 11.2. The maximum absolute atomic E-state index is 5.98. The number of aromatic nitrogens is 1. The van der Waals surface area contributed by atoms with Gasteiger partial charge in [-0.1, -0.05) is 0 Å². The number of pyridine rings is 1. The summed E-state index contributed by atoms with van der Waals surface area (Å²) < 4.78 is 11.3. The van der Waals surface area contributed by atoms with E-state index in [-0.39, 0.29) is 6.10 Å². The van der Waals surface area contributed by atoms with Gasteiger partial charge in [-0.2, -0.15) is 0 Å². The lowest BCUT2D eigenvalue weighted by atomic mass is 10.3. The summed E-state index contributed by atoms with van der Waals surface area (Å²) in [6.07, 6.45) is 3.17. The summed E-state index contributed by atoms with van der Waals surface area (Å²) in [7, 11) is 4.08. The number of thioether (sulfide) groups is 1. The average Bonchev–Trinajstić information content (AvgIpc) is 2.83. The minimum atomic E-state index is 0.174. The van der Waals surface area contributed by atoms with Gasteiger partial charge in [-0.15, -0.1) is 11.8 Å². The summed E-state index contributed by atoms with van der Waals surface area (Å²) in [5, 5.41) is 1.03.